The average molecular weight is 475 g/mol. The number of anilines is 1. The molecule has 1 aromatic heterocycles. The van der Waals surface area contributed by atoms with Crippen LogP contribution in [0.1, 0.15) is 11.4 Å². The lowest BCUT2D eigenvalue weighted by molar-refractivity contribution is -0.113. The van der Waals surface area contributed by atoms with E-state index in [0.29, 0.717) is 28.9 Å². The molecule has 0 aliphatic carbocycles. The van der Waals surface area contributed by atoms with Crippen molar-refractivity contribution >= 4 is 46.7 Å². The minimum absolute atomic E-state index is 0.138. The number of para-hydroxylation sites is 2. The first-order valence-electron chi connectivity index (χ1n) is 9.51. The van der Waals surface area contributed by atoms with Crippen LogP contribution in [-0.4, -0.2) is 33.5 Å². The number of methoxy groups -OCH3 is 1. The van der Waals surface area contributed by atoms with E-state index in [9.17, 15) is 4.79 Å². The second-order valence-corrected chi connectivity index (χ2v) is 8.82. The van der Waals surface area contributed by atoms with Gasteiger partial charge in [-0.1, -0.05) is 53.7 Å². The van der Waals surface area contributed by atoms with Gasteiger partial charge in [-0.15, -0.1) is 28.5 Å². The van der Waals surface area contributed by atoms with Crippen LogP contribution in [0.15, 0.2) is 66.3 Å². The maximum Gasteiger partial charge on any atom is 0.234 e. The van der Waals surface area contributed by atoms with E-state index in [1.807, 2.05) is 41.0 Å². The molecule has 0 fully saturated rings. The monoisotopic (exact) mass is 474 g/mol. The van der Waals surface area contributed by atoms with E-state index in [0.717, 1.165) is 16.6 Å². The number of thioether (sulfide) groups is 2. The van der Waals surface area contributed by atoms with Crippen molar-refractivity contribution in [3.63, 3.8) is 0 Å². The van der Waals surface area contributed by atoms with Crippen LogP contribution in [0.25, 0.3) is 0 Å². The van der Waals surface area contributed by atoms with Gasteiger partial charge in [0.25, 0.3) is 0 Å². The number of rotatable bonds is 11. The average Bonchev–Trinajstić information content (AvgIpc) is 3.16. The van der Waals surface area contributed by atoms with Gasteiger partial charge in [0.1, 0.15) is 11.6 Å². The molecule has 6 nitrogen and oxygen atoms in total. The van der Waals surface area contributed by atoms with Crippen molar-refractivity contribution in [1.82, 2.24) is 14.8 Å². The number of nitrogens with zero attached hydrogens (tertiary/aromatic N) is 3. The van der Waals surface area contributed by atoms with Crippen LogP contribution in [0.5, 0.6) is 5.75 Å². The maximum atomic E-state index is 12.4. The van der Waals surface area contributed by atoms with Gasteiger partial charge in [0.2, 0.25) is 5.91 Å². The van der Waals surface area contributed by atoms with Gasteiger partial charge in [-0.25, -0.2) is 0 Å². The van der Waals surface area contributed by atoms with Crippen molar-refractivity contribution in [1.29, 1.82) is 0 Å². The van der Waals surface area contributed by atoms with E-state index in [1.54, 1.807) is 37.1 Å². The molecule has 3 aromatic rings. The van der Waals surface area contributed by atoms with Gasteiger partial charge in [-0.3, -0.25) is 4.79 Å². The number of nitrogens with one attached hydrogen (secondary N) is 1. The Morgan fingerprint density at radius 2 is 1.97 bits per heavy atom. The van der Waals surface area contributed by atoms with Crippen molar-refractivity contribution in [2.45, 2.75) is 23.2 Å². The topological polar surface area (TPSA) is 69.0 Å². The fourth-order valence-corrected chi connectivity index (χ4v) is 4.57. The minimum atomic E-state index is -0.138. The highest BCUT2D eigenvalue weighted by atomic mass is 35.5. The lowest BCUT2D eigenvalue weighted by Gasteiger charge is -2.10. The highest BCUT2D eigenvalue weighted by Crippen LogP contribution is 2.25. The van der Waals surface area contributed by atoms with Crippen molar-refractivity contribution in [3.8, 4) is 5.75 Å². The van der Waals surface area contributed by atoms with Crippen molar-refractivity contribution in [3.05, 3.63) is 77.6 Å². The van der Waals surface area contributed by atoms with Gasteiger partial charge >= 0.3 is 0 Å². The molecule has 0 aliphatic rings. The summed E-state index contributed by atoms with van der Waals surface area (Å²) in [6.45, 7) is 4.41. The summed E-state index contributed by atoms with van der Waals surface area (Å²) >= 11 is 9.03. The van der Waals surface area contributed by atoms with Gasteiger partial charge in [0, 0.05) is 17.3 Å². The standard InChI is InChI=1S/C22H23ClN4O2S2/c1-3-12-27-20(14-30-13-16-8-10-17(23)11-9-16)25-26-22(27)31-15-21(28)24-18-6-4-5-7-19(18)29-2/h3-11H,1,12-15H2,2H3,(H,24,28). The van der Waals surface area contributed by atoms with E-state index in [4.69, 9.17) is 16.3 Å². The van der Waals surface area contributed by atoms with E-state index >= 15 is 0 Å². The second-order valence-electron chi connectivity index (χ2n) is 6.45. The molecule has 0 bridgehead atoms. The largest absolute Gasteiger partial charge is 0.495 e. The Morgan fingerprint density at radius 1 is 1.19 bits per heavy atom. The van der Waals surface area contributed by atoms with Gasteiger partial charge in [-0.2, -0.15) is 0 Å². The van der Waals surface area contributed by atoms with Crippen LogP contribution in [0.4, 0.5) is 5.69 Å². The van der Waals surface area contributed by atoms with Crippen LogP contribution in [0.3, 0.4) is 0 Å². The molecule has 0 aliphatic heterocycles. The third-order valence-corrected chi connectivity index (χ3v) is 6.45. The predicted octanol–water partition coefficient (Wildman–Crippen LogP) is 5.29. The number of aromatic nitrogens is 3. The molecule has 0 saturated heterocycles. The molecule has 162 valence electrons. The van der Waals surface area contributed by atoms with Crippen LogP contribution in [0, 0.1) is 0 Å². The molecule has 0 radical (unpaired) electrons. The molecule has 0 saturated carbocycles. The zero-order chi connectivity index (χ0) is 22.1. The summed E-state index contributed by atoms with van der Waals surface area (Å²) in [5.41, 5.74) is 1.84. The number of hydrogen-bond acceptors (Lipinski definition) is 6. The fraction of sp³-hybridized carbons (Fsp3) is 0.227. The number of ether oxygens (including phenoxy) is 1. The van der Waals surface area contributed by atoms with Gasteiger partial charge in [0.05, 0.1) is 24.3 Å². The summed E-state index contributed by atoms with van der Waals surface area (Å²) in [7, 11) is 1.57. The van der Waals surface area contributed by atoms with Crippen LogP contribution < -0.4 is 10.1 Å². The van der Waals surface area contributed by atoms with Crippen molar-refractivity contribution in [2.75, 3.05) is 18.2 Å². The first kappa shape index (κ1) is 23.2. The predicted molar refractivity (Wildman–Crippen MR) is 129 cm³/mol. The zero-order valence-corrected chi connectivity index (χ0v) is 19.5. The molecule has 1 N–H and O–H groups in total. The summed E-state index contributed by atoms with van der Waals surface area (Å²) < 4.78 is 7.26. The number of amides is 1. The number of benzene rings is 2. The summed E-state index contributed by atoms with van der Waals surface area (Å²) in [5, 5.41) is 12.9. The number of hydrogen-bond donors (Lipinski definition) is 1. The van der Waals surface area contributed by atoms with E-state index in [1.165, 1.54) is 17.3 Å². The third kappa shape index (κ3) is 6.78. The van der Waals surface area contributed by atoms with Crippen LogP contribution in [0.2, 0.25) is 5.02 Å². The van der Waals surface area contributed by atoms with Crippen LogP contribution >= 0.6 is 35.1 Å². The lowest BCUT2D eigenvalue weighted by Crippen LogP contribution is -2.15. The summed E-state index contributed by atoms with van der Waals surface area (Å²) in [6.07, 6.45) is 1.80. The zero-order valence-electron chi connectivity index (χ0n) is 17.1. The molecule has 3 rings (SSSR count). The molecule has 0 atom stereocenters. The Balaban J connectivity index is 1.57. The summed E-state index contributed by atoms with van der Waals surface area (Å²) in [6, 6.07) is 15.1. The first-order chi connectivity index (χ1) is 15.1. The summed E-state index contributed by atoms with van der Waals surface area (Å²) in [4.78, 5) is 12.4. The van der Waals surface area contributed by atoms with E-state index < -0.39 is 0 Å². The quantitative estimate of drug-likeness (QED) is 0.301. The molecule has 0 unspecified atom stereocenters. The molecule has 9 heteroatoms. The molecular weight excluding hydrogens is 452 g/mol. The molecule has 1 amide bonds. The summed E-state index contributed by atoms with van der Waals surface area (Å²) in [5.74, 6) is 3.11. The SMILES string of the molecule is C=CCn1c(CSCc2ccc(Cl)cc2)nnc1SCC(=O)Nc1ccccc1OC. The Kier molecular flexibility index (Phi) is 8.87. The fourth-order valence-electron chi connectivity index (χ4n) is 2.75. The molecule has 1 heterocycles. The number of allylic oxidation sites excluding steroid dienone is 1. The van der Waals surface area contributed by atoms with E-state index in [2.05, 4.69) is 22.1 Å². The van der Waals surface area contributed by atoms with Crippen molar-refractivity contribution in [2.24, 2.45) is 0 Å². The smallest absolute Gasteiger partial charge is 0.234 e. The van der Waals surface area contributed by atoms with Gasteiger partial charge in [0.15, 0.2) is 5.16 Å². The number of halogens is 1. The Morgan fingerprint density at radius 3 is 2.71 bits per heavy atom. The molecular formula is C22H23ClN4O2S2. The Hall–Kier alpha value is -2.42. The highest BCUT2D eigenvalue weighted by molar-refractivity contribution is 7.99. The third-order valence-electron chi connectivity index (χ3n) is 4.23. The molecule has 31 heavy (non-hydrogen) atoms. The molecule has 0 spiro atoms. The Bertz CT molecular complexity index is 1020. The highest BCUT2D eigenvalue weighted by Gasteiger charge is 2.14. The normalized spacial score (nSPS) is 10.6. The van der Waals surface area contributed by atoms with Crippen LogP contribution in [-0.2, 0) is 22.8 Å². The van der Waals surface area contributed by atoms with Gasteiger partial charge in [-0.05, 0) is 29.8 Å². The minimum Gasteiger partial charge on any atom is -0.495 e. The van der Waals surface area contributed by atoms with Gasteiger partial charge < -0.3 is 14.6 Å². The second kappa shape index (κ2) is 11.8. The maximum absolute atomic E-state index is 12.4. The lowest BCUT2D eigenvalue weighted by atomic mass is 10.2. The molecule has 2 aromatic carbocycles. The number of carbonyl (C=O) groups is 1. The number of carbonyl (C=O) groups excluding carboxylic acids is 1. The van der Waals surface area contributed by atoms with Crippen molar-refractivity contribution < 1.29 is 9.53 Å². The first-order valence-corrected chi connectivity index (χ1v) is 12.0. The Labute approximate surface area is 195 Å². The van der Waals surface area contributed by atoms with E-state index in [-0.39, 0.29) is 11.7 Å².